The van der Waals surface area contributed by atoms with Gasteiger partial charge in [-0.3, -0.25) is 4.90 Å². The van der Waals surface area contributed by atoms with Crippen LogP contribution in [0.3, 0.4) is 0 Å². The summed E-state index contributed by atoms with van der Waals surface area (Å²) in [7, 11) is 0. The van der Waals surface area contributed by atoms with E-state index in [0.29, 0.717) is 0 Å². The van der Waals surface area contributed by atoms with Crippen molar-refractivity contribution in [3.05, 3.63) is 77.1 Å². The Morgan fingerprint density at radius 1 is 1.00 bits per heavy atom. The van der Waals surface area contributed by atoms with Gasteiger partial charge in [0.05, 0.1) is 11.6 Å². The monoisotopic (exact) mass is 361 g/mol. The average Bonchev–Trinajstić information content (AvgIpc) is 3.19. The maximum absolute atomic E-state index is 4.50. The summed E-state index contributed by atoms with van der Waals surface area (Å²) in [5, 5.41) is 12.9. The number of tetrazole rings is 1. The third-order valence-corrected chi connectivity index (χ3v) is 5.82. The van der Waals surface area contributed by atoms with Crippen molar-refractivity contribution in [2.45, 2.75) is 51.7 Å². The summed E-state index contributed by atoms with van der Waals surface area (Å²) in [6.45, 7) is 8.48. The standard InChI is InChI=1S/C22H27N5/c1-4-22(2,3)27-21(23-24-25-27)20(18-11-6-5-7-12-18)26-15-14-17-10-8-9-13-19(17)16-26/h5-13,20H,4,14-16H2,1-3H3/t20-/m1/s1. The second-order valence-electron chi connectivity index (χ2n) is 7.92. The van der Waals surface area contributed by atoms with Gasteiger partial charge in [0.2, 0.25) is 0 Å². The van der Waals surface area contributed by atoms with Crippen molar-refractivity contribution in [3.8, 4) is 0 Å². The molecule has 0 spiro atoms. The quantitative estimate of drug-likeness (QED) is 0.690. The Labute approximate surface area is 161 Å². The molecule has 0 saturated heterocycles. The second kappa shape index (κ2) is 7.24. The third kappa shape index (κ3) is 3.39. The van der Waals surface area contributed by atoms with E-state index in [2.05, 4.69) is 95.8 Å². The summed E-state index contributed by atoms with van der Waals surface area (Å²) in [4.78, 5) is 2.51. The van der Waals surface area contributed by atoms with E-state index in [1.54, 1.807) is 0 Å². The van der Waals surface area contributed by atoms with Gasteiger partial charge in [0.1, 0.15) is 0 Å². The predicted molar refractivity (Wildman–Crippen MR) is 106 cm³/mol. The SMILES string of the molecule is CCC(C)(C)n1nnnc1[C@@H](c1ccccc1)N1CCc2ccccc2C1. The molecule has 0 radical (unpaired) electrons. The van der Waals surface area contributed by atoms with Gasteiger partial charge >= 0.3 is 0 Å². The molecule has 4 rings (SSSR count). The first-order valence-electron chi connectivity index (χ1n) is 9.74. The number of hydrogen-bond acceptors (Lipinski definition) is 4. The second-order valence-corrected chi connectivity index (χ2v) is 7.92. The number of fused-ring (bicyclic) bond motifs is 1. The fourth-order valence-corrected chi connectivity index (χ4v) is 3.84. The minimum atomic E-state index is -0.125. The number of benzene rings is 2. The Balaban J connectivity index is 1.78. The average molecular weight is 361 g/mol. The van der Waals surface area contributed by atoms with Gasteiger partial charge in [-0.1, -0.05) is 61.5 Å². The van der Waals surface area contributed by atoms with Gasteiger partial charge in [0.25, 0.3) is 0 Å². The van der Waals surface area contributed by atoms with Crippen LogP contribution in [0.25, 0.3) is 0 Å². The molecule has 0 aliphatic carbocycles. The highest BCUT2D eigenvalue weighted by molar-refractivity contribution is 5.31. The molecule has 1 atom stereocenters. The van der Waals surface area contributed by atoms with Crippen LogP contribution in [-0.4, -0.2) is 31.7 Å². The Morgan fingerprint density at radius 3 is 2.44 bits per heavy atom. The molecule has 1 aliphatic heterocycles. The van der Waals surface area contributed by atoms with Crippen LogP contribution in [0.15, 0.2) is 54.6 Å². The van der Waals surface area contributed by atoms with Gasteiger partial charge in [0, 0.05) is 13.1 Å². The lowest BCUT2D eigenvalue weighted by Crippen LogP contribution is -2.38. The molecular formula is C22H27N5. The van der Waals surface area contributed by atoms with E-state index >= 15 is 0 Å². The maximum atomic E-state index is 4.50. The van der Waals surface area contributed by atoms with Crippen LogP contribution in [-0.2, 0) is 18.5 Å². The number of hydrogen-bond donors (Lipinski definition) is 0. The van der Waals surface area contributed by atoms with Crippen molar-refractivity contribution < 1.29 is 0 Å². The van der Waals surface area contributed by atoms with E-state index < -0.39 is 0 Å². The van der Waals surface area contributed by atoms with Crippen LogP contribution in [0.4, 0.5) is 0 Å². The minimum Gasteiger partial charge on any atom is -0.285 e. The summed E-state index contributed by atoms with van der Waals surface area (Å²) in [6.07, 6.45) is 2.02. The predicted octanol–water partition coefficient (Wildman–Crippen LogP) is 3.97. The van der Waals surface area contributed by atoms with E-state index in [1.165, 1.54) is 16.7 Å². The van der Waals surface area contributed by atoms with Crippen molar-refractivity contribution in [3.63, 3.8) is 0 Å². The molecule has 0 amide bonds. The topological polar surface area (TPSA) is 46.8 Å². The van der Waals surface area contributed by atoms with Crippen LogP contribution >= 0.6 is 0 Å². The van der Waals surface area contributed by atoms with Gasteiger partial charge in [-0.2, -0.15) is 0 Å². The minimum absolute atomic E-state index is 0.0420. The molecule has 5 heteroatoms. The zero-order chi connectivity index (χ0) is 18.9. The highest BCUT2D eigenvalue weighted by Gasteiger charge is 2.33. The Kier molecular flexibility index (Phi) is 4.79. The Morgan fingerprint density at radius 2 is 1.70 bits per heavy atom. The number of nitrogens with zero attached hydrogens (tertiary/aromatic N) is 5. The molecule has 0 fully saturated rings. The molecule has 3 aromatic rings. The first-order valence-corrected chi connectivity index (χ1v) is 9.74. The molecule has 0 saturated carbocycles. The van der Waals surface area contributed by atoms with Crippen LogP contribution in [0, 0.1) is 0 Å². The van der Waals surface area contributed by atoms with Crippen molar-refractivity contribution in [2.24, 2.45) is 0 Å². The molecule has 5 nitrogen and oxygen atoms in total. The highest BCUT2D eigenvalue weighted by atomic mass is 15.6. The van der Waals surface area contributed by atoms with Gasteiger partial charge in [0.15, 0.2) is 5.82 Å². The molecular weight excluding hydrogens is 334 g/mol. The van der Waals surface area contributed by atoms with Gasteiger partial charge < -0.3 is 0 Å². The summed E-state index contributed by atoms with van der Waals surface area (Å²) >= 11 is 0. The molecule has 2 aromatic carbocycles. The fourth-order valence-electron chi connectivity index (χ4n) is 3.84. The zero-order valence-electron chi connectivity index (χ0n) is 16.3. The van der Waals surface area contributed by atoms with Crippen molar-refractivity contribution in [2.75, 3.05) is 6.54 Å². The van der Waals surface area contributed by atoms with Gasteiger partial charge in [-0.25, -0.2) is 4.68 Å². The largest absolute Gasteiger partial charge is 0.285 e. The maximum Gasteiger partial charge on any atom is 0.173 e. The molecule has 1 aromatic heterocycles. The van der Waals surface area contributed by atoms with Gasteiger partial charge in [-0.05, 0) is 53.8 Å². The molecule has 1 aliphatic rings. The fraction of sp³-hybridized carbons (Fsp3) is 0.409. The smallest absolute Gasteiger partial charge is 0.173 e. The van der Waals surface area contributed by atoms with Crippen molar-refractivity contribution >= 4 is 0 Å². The number of rotatable bonds is 5. The van der Waals surface area contributed by atoms with Crippen LogP contribution in [0.2, 0.25) is 0 Å². The van der Waals surface area contributed by atoms with E-state index in [4.69, 9.17) is 0 Å². The summed E-state index contributed by atoms with van der Waals surface area (Å²) in [6, 6.07) is 19.4. The molecule has 0 bridgehead atoms. The summed E-state index contributed by atoms with van der Waals surface area (Å²) in [5.74, 6) is 0.924. The lowest BCUT2D eigenvalue weighted by Gasteiger charge is -2.36. The first kappa shape index (κ1) is 17.9. The Hall–Kier alpha value is -2.53. The summed E-state index contributed by atoms with van der Waals surface area (Å²) < 4.78 is 2.02. The van der Waals surface area contributed by atoms with E-state index in [1.807, 2.05) is 4.68 Å². The molecule has 140 valence electrons. The lowest BCUT2D eigenvalue weighted by molar-refractivity contribution is 0.181. The molecule has 2 heterocycles. The molecule has 0 N–H and O–H groups in total. The highest BCUT2D eigenvalue weighted by Crippen LogP contribution is 2.34. The lowest BCUT2D eigenvalue weighted by atomic mass is 9.95. The van der Waals surface area contributed by atoms with Gasteiger partial charge in [-0.15, -0.1) is 5.10 Å². The Bertz CT molecular complexity index is 900. The summed E-state index contributed by atoms with van der Waals surface area (Å²) in [5.41, 5.74) is 3.96. The van der Waals surface area contributed by atoms with E-state index in [9.17, 15) is 0 Å². The number of aromatic nitrogens is 4. The first-order chi connectivity index (χ1) is 13.1. The van der Waals surface area contributed by atoms with E-state index in [0.717, 1.165) is 31.8 Å². The zero-order valence-corrected chi connectivity index (χ0v) is 16.3. The third-order valence-electron chi connectivity index (χ3n) is 5.82. The molecule has 0 unspecified atom stereocenters. The van der Waals surface area contributed by atoms with Crippen LogP contribution in [0.1, 0.15) is 55.7 Å². The van der Waals surface area contributed by atoms with Crippen molar-refractivity contribution in [1.29, 1.82) is 0 Å². The van der Waals surface area contributed by atoms with E-state index in [-0.39, 0.29) is 11.6 Å². The normalized spacial score (nSPS) is 16.1. The molecule has 27 heavy (non-hydrogen) atoms. The van der Waals surface area contributed by atoms with Crippen LogP contribution < -0.4 is 0 Å². The van der Waals surface area contributed by atoms with Crippen molar-refractivity contribution in [1.82, 2.24) is 25.1 Å². The van der Waals surface area contributed by atoms with Crippen LogP contribution in [0.5, 0.6) is 0 Å².